The summed E-state index contributed by atoms with van der Waals surface area (Å²) < 4.78 is 0.895. The molecular formula is C14H14BrN3O3. The van der Waals surface area contributed by atoms with E-state index in [9.17, 15) is 14.7 Å². The van der Waals surface area contributed by atoms with Gasteiger partial charge >= 0.3 is 5.97 Å². The maximum absolute atomic E-state index is 12.1. The number of carboxylic acids is 1. The van der Waals surface area contributed by atoms with Gasteiger partial charge in [0.15, 0.2) is 0 Å². The molecule has 1 atom stereocenters. The average molecular weight is 352 g/mol. The second kappa shape index (κ2) is 6.53. The van der Waals surface area contributed by atoms with Crippen molar-refractivity contribution in [1.82, 2.24) is 15.3 Å². The molecule has 0 aliphatic rings. The van der Waals surface area contributed by atoms with Gasteiger partial charge in [-0.3, -0.25) is 4.79 Å². The number of rotatable bonds is 5. The van der Waals surface area contributed by atoms with Crippen LogP contribution in [0.15, 0.2) is 35.2 Å². The second-order valence-electron chi connectivity index (χ2n) is 4.61. The lowest BCUT2D eigenvalue weighted by Gasteiger charge is -2.14. The molecule has 0 saturated carbocycles. The minimum absolute atomic E-state index is 0.149. The Kier molecular flexibility index (Phi) is 4.74. The van der Waals surface area contributed by atoms with Crippen molar-refractivity contribution in [3.05, 3.63) is 52.0 Å². The lowest BCUT2D eigenvalue weighted by Crippen LogP contribution is -2.42. The Labute approximate surface area is 129 Å². The summed E-state index contributed by atoms with van der Waals surface area (Å²) >= 11 is 3.36. The average Bonchev–Trinajstić information content (AvgIpc) is 2.93. The van der Waals surface area contributed by atoms with Crippen LogP contribution in [0.2, 0.25) is 0 Å². The van der Waals surface area contributed by atoms with Crippen LogP contribution in [0.5, 0.6) is 0 Å². The number of halogens is 1. The summed E-state index contributed by atoms with van der Waals surface area (Å²) in [5, 5.41) is 11.7. The van der Waals surface area contributed by atoms with Crippen LogP contribution in [0.3, 0.4) is 0 Å². The molecule has 0 spiro atoms. The maximum Gasteiger partial charge on any atom is 0.326 e. The van der Waals surface area contributed by atoms with Crippen LogP contribution in [-0.4, -0.2) is 33.0 Å². The zero-order valence-corrected chi connectivity index (χ0v) is 12.8. The van der Waals surface area contributed by atoms with Gasteiger partial charge in [-0.1, -0.05) is 15.9 Å². The van der Waals surface area contributed by atoms with Gasteiger partial charge in [-0.25, -0.2) is 9.78 Å². The van der Waals surface area contributed by atoms with Gasteiger partial charge in [-0.2, -0.15) is 0 Å². The number of aliphatic carboxylic acids is 1. The molecule has 0 aliphatic heterocycles. The van der Waals surface area contributed by atoms with Crippen LogP contribution in [-0.2, 0) is 11.2 Å². The predicted molar refractivity (Wildman–Crippen MR) is 80.1 cm³/mol. The number of nitrogens with one attached hydrogen (secondary N) is 2. The molecule has 0 bridgehead atoms. The van der Waals surface area contributed by atoms with Gasteiger partial charge in [0.1, 0.15) is 6.04 Å². The number of aryl methyl sites for hydroxylation is 1. The molecule has 2 rings (SSSR count). The van der Waals surface area contributed by atoms with Crippen molar-refractivity contribution in [2.75, 3.05) is 0 Å². The number of amides is 1. The van der Waals surface area contributed by atoms with Gasteiger partial charge in [-0.05, 0) is 30.7 Å². The van der Waals surface area contributed by atoms with Crippen molar-refractivity contribution >= 4 is 27.8 Å². The summed E-state index contributed by atoms with van der Waals surface area (Å²) in [5.74, 6) is -1.51. The lowest BCUT2D eigenvalue weighted by molar-refractivity contribution is -0.139. The molecule has 0 aliphatic carbocycles. The fourth-order valence-corrected chi connectivity index (χ4v) is 2.09. The molecule has 2 aromatic rings. The van der Waals surface area contributed by atoms with Crippen LogP contribution in [0, 0.1) is 6.92 Å². The molecule has 6 nitrogen and oxygen atoms in total. The number of carbonyl (C=O) groups is 2. The highest BCUT2D eigenvalue weighted by Gasteiger charge is 2.21. The van der Waals surface area contributed by atoms with E-state index >= 15 is 0 Å². The number of aromatic amines is 1. The minimum Gasteiger partial charge on any atom is -0.480 e. The van der Waals surface area contributed by atoms with Gasteiger partial charge in [0.2, 0.25) is 0 Å². The lowest BCUT2D eigenvalue weighted by atomic mass is 10.1. The summed E-state index contributed by atoms with van der Waals surface area (Å²) in [6.07, 6.45) is 3.15. The quantitative estimate of drug-likeness (QED) is 0.766. The summed E-state index contributed by atoms with van der Waals surface area (Å²) in [4.78, 5) is 30.0. The van der Waals surface area contributed by atoms with Crippen molar-refractivity contribution < 1.29 is 14.7 Å². The van der Waals surface area contributed by atoms with Crippen molar-refractivity contribution in [2.24, 2.45) is 0 Å². The van der Waals surface area contributed by atoms with E-state index in [1.165, 1.54) is 12.5 Å². The first kappa shape index (κ1) is 15.2. The van der Waals surface area contributed by atoms with E-state index in [2.05, 4.69) is 31.2 Å². The SMILES string of the molecule is Cc1cc(C(=O)N[C@H](Cc2cnc[nH]2)C(=O)O)ccc1Br. The molecule has 1 aromatic heterocycles. The predicted octanol–water partition coefficient (Wildman–Crippen LogP) is 1.91. The molecule has 1 aromatic carbocycles. The molecule has 1 heterocycles. The fourth-order valence-electron chi connectivity index (χ4n) is 1.84. The normalized spacial score (nSPS) is 11.9. The minimum atomic E-state index is -1.09. The van der Waals surface area contributed by atoms with E-state index in [1.54, 1.807) is 18.2 Å². The fraction of sp³-hybridized carbons (Fsp3) is 0.214. The van der Waals surface area contributed by atoms with E-state index < -0.39 is 17.9 Å². The van der Waals surface area contributed by atoms with E-state index in [4.69, 9.17) is 0 Å². The van der Waals surface area contributed by atoms with Gasteiger partial charge < -0.3 is 15.4 Å². The van der Waals surface area contributed by atoms with E-state index in [0.29, 0.717) is 11.3 Å². The highest BCUT2D eigenvalue weighted by Crippen LogP contribution is 2.17. The van der Waals surface area contributed by atoms with Gasteiger partial charge in [-0.15, -0.1) is 0 Å². The number of aromatic nitrogens is 2. The van der Waals surface area contributed by atoms with Crippen molar-refractivity contribution in [2.45, 2.75) is 19.4 Å². The van der Waals surface area contributed by atoms with Crippen LogP contribution < -0.4 is 5.32 Å². The first-order valence-electron chi connectivity index (χ1n) is 6.24. The number of benzene rings is 1. The molecule has 0 saturated heterocycles. The monoisotopic (exact) mass is 351 g/mol. The molecule has 3 N–H and O–H groups in total. The number of carbonyl (C=O) groups excluding carboxylic acids is 1. The third kappa shape index (κ3) is 3.91. The topological polar surface area (TPSA) is 95.1 Å². The highest BCUT2D eigenvalue weighted by molar-refractivity contribution is 9.10. The van der Waals surface area contributed by atoms with Gasteiger partial charge in [0, 0.05) is 28.3 Å². The molecule has 110 valence electrons. The van der Waals surface area contributed by atoms with Crippen molar-refractivity contribution in [1.29, 1.82) is 0 Å². The summed E-state index contributed by atoms with van der Waals surface area (Å²) in [6, 6.07) is 4.09. The van der Waals surface area contributed by atoms with Crippen LogP contribution >= 0.6 is 15.9 Å². The number of imidazole rings is 1. The standard InChI is InChI=1S/C14H14BrN3O3/c1-8-4-9(2-3-11(8)15)13(19)18-12(14(20)21)5-10-6-16-7-17-10/h2-4,6-7,12H,5H2,1H3,(H,16,17)(H,18,19)(H,20,21)/t12-/m1/s1. The Balaban J connectivity index is 2.10. The van der Waals surface area contributed by atoms with E-state index in [1.807, 2.05) is 6.92 Å². The largest absolute Gasteiger partial charge is 0.480 e. The maximum atomic E-state index is 12.1. The summed E-state index contributed by atoms with van der Waals surface area (Å²) in [7, 11) is 0. The first-order valence-corrected chi connectivity index (χ1v) is 7.03. The summed E-state index contributed by atoms with van der Waals surface area (Å²) in [6.45, 7) is 1.86. The smallest absolute Gasteiger partial charge is 0.326 e. The number of nitrogens with zero attached hydrogens (tertiary/aromatic N) is 1. The van der Waals surface area contributed by atoms with Crippen LogP contribution in [0.1, 0.15) is 21.6 Å². The molecule has 1 amide bonds. The van der Waals surface area contributed by atoms with Gasteiger partial charge in [0.05, 0.1) is 6.33 Å². The molecular weight excluding hydrogens is 338 g/mol. The molecule has 0 unspecified atom stereocenters. The Hall–Kier alpha value is -2.15. The Bertz CT molecular complexity index is 655. The summed E-state index contributed by atoms with van der Waals surface area (Å²) in [5.41, 5.74) is 1.98. The first-order chi connectivity index (χ1) is 9.97. The Morgan fingerprint density at radius 3 is 2.81 bits per heavy atom. The number of hydrogen-bond donors (Lipinski definition) is 3. The van der Waals surface area contributed by atoms with Crippen molar-refractivity contribution in [3.8, 4) is 0 Å². The Morgan fingerprint density at radius 1 is 1.48 bits per heavy atom. The third-order valence-corrected chi connectivity index (χ3v) is 3.89. The zero-order valence-electron chi connectivity index (χ0n) is 11.3. The van der Waals surface area contributed by atoms with E-state index in [0.717, 1.165) is 10.0 Å². The van der Waals surface area contributed by atoms with Gasteiger partial charge in [0.25, 0.3) is 5.91 Å². The third-order valence-electron chi connectivity index (χ3n) is 3.00. The zero-order chi connectivity index (χ0) is 15.4. The molecule has 0 fully saturated rings. The van der Waals surface area contributed by atoms with Crippen molar-refractivity contribution in [3.63, 3.8) is 0 Å². The van der Waals surface area contributed by atoms with E-state index in [-0.39, 0.29) is 6.42 Å². The number of H-pyrrole nitrogens is 1. The van der Waals surface area contributed by atoms with Crippen LogP contribution in [0.4, 0.5) is 0 Å². The molecule has 0 radical (unpaired) electrons. The number of carboxylic acid groups (broad SMARTS) is 1. The second-order valence-corrected chi connectivity index (χ2v) is 5.46. The van der Waals surface area contributed by atoms with Crippen LogP contribution in [0.25, 0.3) is 0 Å². The number of hydrogen-bond acceptors (Lipinski definition) is 3. The highest BCUT2D eigenvalue weighted by atomic mass is 79.9. The molecule has 21 heavy (non-hydrogen) atoms. The molecule has 7 heteroatoms. The Morgan fingerprint density at radius 2 is 2.24 bits per heavy atom.